The Kier molecular flexibility index (Phi) is 10.5. The van der Waals surface area contributed by atoms with E-state index in [9.17, 15) is 4.79 Å². The van der Waals surface area contributed by atoms with Gasteiger partial charge in [0.25, 0.3) is 0 Å². The first-order valence-corrected chi connectivity index (χ1v) is 6.66. The third-order valence-corrected chi connectivity index (χ3v) is 2.87. The van der Waals surface area contributed by atoms with Gasteiger partial charge >= 0.3 is 0 Å². The molecular weight excluding hydrogens is 200 g/mol. The van der Waals surface area contributed by atoms with E-state index in [1.54, 1.807) is 0 Å². The normalized spacial score (nSPS) is 10.4. The second-order valence-corrected chi connectivity index (χ2v) is 4.48. The van der Waals surface area contributed by atoms with Crippen LogP contribution in [-0.2, 0) is 4.79 Å². The fourth-order valence-corrected chi connectivity index (χ4v) is 1.69. The van der Waals surface area contributed by atoms with E-state index in [1.165, 1.54) is 12.8 Å². The first-order valence-electron chi connectivity index (χ1n) is 6.66. The van der Waals surface area contributed by atoms with Gasteiger partial charge in [-0.05, 0) is 25.8 Å². The van der Waals surface area contributed by atoms with E-state index in [-0.39, 0.29) is 0 Å². The molecule has 0 saturated heterocycles. The lowest BCUT2D eigenvalue weighted by molar-refractivity contribution is -0.130. The van der Waals surface area contributed by atoms with Crippen LogP contribution in [0.4, 0.5) is 0 Å². The Balaban J connectivity index is 3.40. The van der Waals surface area contributed by atoms with Gasteiger partial charge in [-0.25, -0.2) is 0 Å². The third-order valence-electron chi connectivity index (χ3n) is 2.87. The monoisotopic (exact) mass is 228 g/mol. The van der Waals surface area contributed by atoms with Gasteiger partial charge in [0.05, 0.1) is 0 Å². The summed E-state index contributed by atoms with van der Waals surface area (Å²) in [5.41, 5.74) is 5.41. The molecule has 0 aromatic rings. The SMILES string of the molecule is CCCCCN(C)C(=O)CCCCCCN. The zero-order chi connectivity index (χ0) is 12.2. The smallest absolute Gasteiger partial charge is 0.222 e. The van der Waals surface area contributed by atoms with Crippen LogP contribution in [-0.4, -0.2) is 30.9 Å². The number of hydrogen-bond donors (Lipinski definition) is 1. The summed E-state index contributed by atoms with van der Waals surface area (Å²) in [5.74, 6) is 0.295. The maximum absolute atomic E-state index is 11.7. The van der Waals surface area contributed by atoms with Crippen LogP contribution in [0.25, 0.3) is 0 Å². The molecule has 3 nitrogen and oxygen atoms in total. The van der Waals surface area contributed by atoms with Gasteiger partial charge in [-0.3, -0.25) is 4.79 Å². The Bertz CT molecular complexity index is 171. The van der Waals surface area contributed by atoms with Crippen LogP contribution in [0, 0.1) is 0 Å². The van der Waals surface area contributed by atoms with Crippen molar-refractivity contribution in [2.45, 2.75) is 58.3 Å². The molecule has 0 bridgehead atoms. The number of amides is 1. The van der Waals surface area contributed by atoms with Gasteiger partial charge in [0.2, 0.25) is 5.91 Å². The number of nitrogens with zero attached hydrogens (tertiary/aromatic N) is 1. The van der Waals surface area contributed by atoms with Crippen molar-refractivity contribution in [1.82, 2.24) is 4.90 Å². The average Bonchev–Trinajstić information content (AvgIpc) is 2.28. The maximum atomic E-state index is 11.7. The minimum atomic E-state index is 0.295. The number of nitrogens with two attached hydrogens (primary N) is 1. The van der Waals surface area contributed by atoms with E-state index in [0.717, 1.165) is 45.2 Å². The summed E-state index contributed by atoms with van der Waals surface area (Å²) in [6.45, 7) is 3.86. The Morgan fingerprint density at radius 1 is 1.06 bits per heavy atom. The fraction of sp³-hybridized carbons (Fsp3) is 0.923. The molecule has 96 valence electrons. The Hall–Kier alpha value is -0.570. The Morgan fingerprint density at radius 3 is 2.38 bits per heavy atom. The summed E-state index contributed by atoms with van der Waals surface area (Å²) in [6, 6.07) is 0. The van der Waals surface area contributed by atoms with Gasteiger partial charge in [0.1, 0.15) is 0 Å². The summed E-state index contributed by atoms with van der Waals surface area (Å²) < 4.78 is 0. The second kappa shape index (κ2) is 10.9. The van der Waals surface area contributed by atoms with Crippen LogP contribution in [0.2, 0.25) is 0 Å². The molecule has 16 heavy (non-hydrogen) atoms. The van der Waals surface area contributed by atoms with Crippen molar-refractivity contribution in [2.24, 2.45) is 5.73 Å². The molecule has 0 rings (SSSR count). The highest BCUT2D eigenvalue weighted by atomic mass is 16.2. The van der Waals surface area contributed by atoms with Crippen LogP contribution in [0.5, 0.6) is 0 Å². The number of carbonyl (C=O) groups is 1. The van der Waals surface area contributed by atoms with Gasteiger partial charge in [0.15, 0.2) is 0 Å². The Labute approximate surface area is 100 Å². The number of unbranched alkanes of at least 4 members (excludes halogenated alkanes) is 5. The highest BCUT2D eigenvalue weighted by Crippen LogP contribution is 2.05. The van der Waals surface area contributed by atoms with E-state index in [0.29, 0.717) is 12.3 Å². The number of carbonyl (C=O) groups excluding carboxylic acids is 1. The third kappa shape index (κ3) is 8.72. The summed E-state index contributed by atoms with van der Waals surface area (Å²) in [4.78, 5) is 13.5. The molecular formula is C13H28N2O. The number of rotatable bonds is 10. The lowest BCUT2D eigenvalue weighted by Gasteiger charge is -2.16. The predicted octanol–water partition coefficient (Wildman–Crippen LogP) is 2.54. The molecule has 0 aliphatic carbocycles. The van der Waals surface area contributed by atoms with Gasteiger partial charge in [-0.1, -0.05) is 32.6 Å². The molecule has 0 saturated carbocycles. The van der Waals surface area contributed by atoms with Crippen molar-refractivity contribution >= 4 is 5.91 Å². The zero-order valence-electron chi connectivity index (χ0n) is 11.0. The first kappa shape index (κ1) is 15.4. The maximum Gasteiger partial charge on any atom is 0.222 e. The van der Waals surface area contributed by atoms with Gasteiger partial charge < -0.3 is 10.6 Å². The molecule has 0 radical (unpaired) electrons. The molecule has 2 N–H and O–H groups in total. The van der Waals surface area contributed by atoms with Crippen molar-refractivity contribution in [1.29, 1.82) is 0 Å². The van der Waals surface area contributed by atoms with E-state index in [2.05, 4.69) is 6.92 Å². The van der Waals surface area contributed by atoms with Crippen LogP contribution in [0.15, 0.2) is 0 Å². The molecule has 0 spiro atoms. The van der Waals surface area contributed by atoms with E-state index >= 15 is 0 Å². The van der Waals surface area contributed by atoms with Crippen molar-refractivity contribution in [3.63, 3.8) is 0 Å². The highest BCUT2D eigenvalue weighted by Gasteiger charge is 2.06. The molecule has 0 aromatic carbocycles. The zero-order valence-corrected chi connectivity index (χ0v) is 11.0. The summed E-state index contributed by atoms with van der Waals surface area (Å²) in [7, 11) is 1.91. The lowest BCUT2D eigenvalue weighted by Crippen LogP contribution is -2.27. The highest BCUT2D eigenvalue weighted by molar-refractivity contribution is 5.75. The molecule has 0 unspecified atom stereocenters. The van der Waals surface area contributed by atoms with Crippen molar-refractivity contribution in [3.8, 4) is 0 Å². The molecule has 1 amide bonds. The second-order valence-electron chi connectivity index (χ2n) is 4.48. The van der Waals surface area contributed by atoms with Gasteiger partial charge in [-0.15, -0.1) is 0 Å². The van der Waals surface area contributed by atoms with Crippen LogP contribution in [0.1, 0.15) is 58.3 Å². The molecule has 0 aliphatic heterocycles. The minimum absolute atomic E-state index is 0.295. The molecule has 0 aliphatic rings. The van der Waals surface area contributed by atoms with Crippen LogP contribution < -0.4 is 5.73 Å². The quantitative estimate of drug-likeness (QED) is 0.584. The van der Waals surface area contributed by atoms with Crippen molar-refractivity contribution < 1.29 is 4.79 Å². The fourth-order valence-electron chi connectivity index (χ4n) is 1.69. The summed E-state index contributed by atoms with van der Waals surface area (Å²) >= 11 is 0. The molecule has 0 heterocycles. The summed E-state index contributed by atoms with van der Waals surface area (Å²) in [5, 5.41) is 0. The first-order chi connectivity index (χ1) is 7.72. The molecule has 0 fully saturated rings. The van der Waals surface area contributed by atoms with E-state index in [1.807, 2.05) is 11.9 Å². The number of hydrogen-bond acceptors (Lipinski definition) is 2. The molecule has 3 heteroatoms. The lowest BCUT2D eigenvalue weighted by atomic mass is 10.1. The van der Waals surface area contributed by atoms with E-state index in [4.69, 9.17) is 5.73 Å². The van der Waals surface area contributed by atoms with Gasteiger partial charge in [-0.2, -0.15) is 0 Å². The topological polar surface area (TPSA) is 46.3 Å². The van der Waals surface area contributed by atoms with Crippen LogP contribution in [0.3, 0.4) is 0 Å². The molecule has 0 atom stereocenters. The Morgan fingerprint density at radius 2 is 1.75 bits per heavy atom. The standard InChI is InChI=1S/C13H28N2O/c1-3-4-9-12-15(2)13(16)10-7-5-6-8-11-14/h3-12,14H2,1-2H3. The van der Waals surface area contributed by atoms with Crippen molar-refractivity contribution in [3.05, 3.63) is 0 Å². The predicted molar refractivity (Wildman–Crippen MR) is 69.3 cm³/mol. The largest absolute Gasteiger partial charge is 0.346 e. The van der Waals surface area contributed by atoms with E-state index < -0.39 is 0 Å². The van der Waals surface area contributed by atoms with Gasteiger partial charge in [0, 0.05) is 20.0 Å². The molecule has 0 aromatic heterocycles. The minimum Gasteiger partial charge on any atom is -0.346 e. The average molecular weight is 228 g/mol. The van der Waals surface area contributed by atoms with Crippen molar-refractivity contribution in [2.75, 3.05) is 20.1 Å². The summed E-state index contributed by atoms with van der Waals surface area (Å²) in [6.07, 6.45) is 8.64. The van der Waals surface area contributed by atoms with Crippen LogP contribution >= 0.6 is 0 Å².